The van der Waals surface area contributed by atoms with Crippen LogP contribution in [0.4, 0.5) is 0 Å². The minimum atomic E-state index is -0.522. The smallest absolute Gasteiger partial charge is 0.0815 e. The number of likely N-dealkylation sites (tertiary alicyclic amines) is 1. The maximum absolute atomic E-state index is 10.2. The molecule has 0 amide bonds. The van der Waals surface area contributed by atoms with Gasteiger partial charge in [0.15, 0.2) is 0 Å². The average molecular weight is 242 g/mol. The molecule has 2 N–H and O–H groups in total. The van der Waals surface area contributed by atoms with E-state index >= 15 is 0 Å². The summed E-state index contributed by atoms with van der Waals surface area (Å²) < 4.78 is 5.27. The second kappa shape index (κ2) is 6.69. The van der Waals surface area contributed by atoms with Gasteiger partial charge < -0.3 is 20.1 Å². The lowest BCUT2D eigenvalue weighted by Gasteiger charge is -2.32. The number of hydrogen-bond donors (Lipinski definition) is 2. The lowest BCUT2D eigenvalue weighted by atomic mass is 9.94. The predicted octanol–water partition coefficient (Wildman–Crippen LogP) is 0.603. The zero-order chi connectivity index (χ0) is 12.0. The highest BCUT2D eigenvalue weighted by atomic mass is 16.5. The molecule has 2 heterocycles. The van der Waals surface area contributed by atoms with Crippen LogP contribution in [0.2, 0.25) is 0 Å². The first kappa shape index (κ1) is 13.3. The molecule has 0 aliphatic carbocycles. The Morgan fingerprint density at radius 1 is 1.18 bits per heavy atom. The van der Waals surface area contributed by atoms with Crippen molar-refractivity contribution in [3.8, 4) is 0 Å². The molecule has 0 aromatic rings. The molecule has 0 unspecified atom stereocenters. The Balaban J connectivity index is 1.50. The average Bonchev–Trinajstić information content (AvgIpc) is 2.82. The van der Waals surface area contributed by atoms with Gasteiger partial charge in [-0.1, -0.05) is 0 Å². The molecule has 2 rings (SSSR count). The Bertz CT molecular complexity index is 211. The molecule has 17 heavy (non-hydrogen) atoms. The van der Waals surface area contributed by atoms with Crippen molar-refractivity contribution >= 4 is 0 Å². The van der Waals surface area contributed by atoms with Crippen LogP contribution in [0.25, 0.3) is 0 Å². The Kier molecular flexibility index (Phi) is 5.22. The van der Waals surface area contributed by atoms with E-state index < -0.39 is 5.60 Å². The van der Waals surface area contributed by atoms with E-state index in [1.165, 1.54) is 38.9 Å². The van der Waals surface area contributed by atoms with E-state index in [0.717, 1.165) is 25.9 Å². The van der Waals surface area contributed by atoms with Crippen LogP contribution in [0.15, 0.2) is 0 Å². The quantitative estimate of drug-likeness (QED) is 0.670. The number of rotatable bonds is 6. The van der Waals surface area contributed by atoms with Crippen LogP contribution >= 0.6 is 0 Å². The van der Waals surface area contributed by atoms with Crippen molar-refractivity contribution in [1.29, 1.82) is 0 Å². The van der Waals surface area contributed by atoms with Crippen molar-refractivity contribution in [3.63, 3.8) is 0 Å². The molecule has 0 atom stereocenters. The van der Waals surface area contributed by atoms with Crippen molar-refractivity contribution in [2.75, 3.05) is 45.9 Å². The van der Waals surface area contributed by atoms with Gasteiger partial charge in [0.2, 0.25) is 0 Å². The summed E-state index contributed by atoms with van der Waals surface area (Å²) in [7, 11) is 0. The highest BCUT2D eigenvalue weighted by Gasteiger charge is 2.28. The van der Waals surface area contributed by atoms with E-state index in [0.29, 0.717) is 13.2 Å². The van der Waals surface area contributed by atoms with Gasteiger partial charge in [0.1, 0.15) is 0 Å². The summed E-state index contributed by atoms with van der Waals surface area (Å²) in [6.45, 7) is 6.89. The van der Waals surface area contributed by atoms with E-state index in [-0.39, 0.29) is 0 Å². The third-order valence-electron chi connectivity index (χ3n) is 3.90. The van der Waals surface area contributed by atoms with Crippen LogP contribution in [-0.4, -0.2) is 61.5 Å². The molecule has 2 aliphatic rings. The van der Waals surface area contributed by atoms with Crippen molar-refractivity contribution < 1.29 is 9.84 Å². The molecular weight excluding hydrogens is 216 g/mol. The molecule has 2 saturated heterocycles. The summed E-state index contributed by atoms with van der Waals surface area (Å²) in [5.74, 6) is 0. The van der Waals surface area contributed by atoms with Gasteiger partial charge in [-0.05, 0) is 45.4 Å². The topological polar surface area (TPSA) is 44.7 Å². The zero-order valence-electron chi connectivity index (χ0n) is 10.8. The monoisotopic (exact) mass is 242 g/mol. The molecule has 0 aromatic heterocycles. The maximum atomic E-state index is 10.2. The van der Waals surface area contributed by atoms with E-state index in [1.807, 2.05) is 0 Å². The fraction of sp³-hybridized carbons (Fsp3) is 1.00. The molecule has 0 bridgehead atoms. The van der Waals surface area contributed by atoms with Crippen LogP contribution in [0.1, 0.15) is 32.1 Å². The maximum Gasteiger partial charge on any atom is 0.0815 e. The summed E-state index contributed by atoms with van der Waals surface area (Å²) in [6.07, 6.45) is 5.46. The summed E-state index contributed by atoms with van der Waals surface area (Å²) in [5, 5.41) is 13.6. The molecule has 2 fully saturated rings. The lowest BCUT2D eigenvalue weighted by molar-refractivity contribution is -0.0614. The Morgan fingerprint density at radius 2 is 1.88 bits per heavy atom. The largest absolute Gasteiger partial charge is 0.388 e. The summed E-state index contributed by atoms with van der Waals surface area (Å²) in [6, 6.07) is 0. The number of aliphatic hydroxyl groups is 1. The van der Waals surface area contributed by atoms with Crippen LogP contribution < -0.4 is 5.32 Å². The molecule has 2 aliphatic heterocycles. The Morgan fingerprint density at radius 3 is 2.59 bits per heavy atom. The minimum absolute atomic E-state index is 0.522. The Labute approximate surface area is 104 Å². The third kappa shape index (κ3) is 4.54. The SMILES string of the molecule is OC1(CNCCCN2CCCC2)CCOCC1. The normalized spacial score (nSPS) is 25.2. The molecule has 0 spiro atoms. The molecule has 4 nitrogen and oxygen atoms in total. The van der Waals surface area contributed by atoms with Crippen LogP contribution in [0, 0.1) is 0 Å². The second-order valence-corrected chi connectivity index (χ2v) is 5.42. The van der Waals surface area contributed by atoms with Crippen molar-refractivity contribution in [3.05, 3.63) is 0 Å². The summed E-state index contributed by atoms with van der Waals surface area (Å²) in [5.41, 5.74) is -0.522. The first-order valence-electron chi connectivity index (χ1n) is 7.02. The van der Waals surface area contributed by atoms with Crippen molar-refractivity contribution in [1.82, 2.24) is 10.2 Å². The molecular formula is C13H26N2O2. The van der Waals surface area contributed by atoms with Gasteiger partial charge in [0.05, 0.1) is 5.60 Å². The van der Waals surface area contributed by atoms with Gasteiger partial charge in [-0.2, -0.15) is 0 Å². The van der Waals surface area contributed by atoms with Crippen molar-refractivity contribution in [2.24, 2.45) is 0 Å². The zero-order valence-corrected chi connectivity index (χ0v) is 10.8. The lowest BCUT2D eigenvalue weighted by Crippen LogP contribution is -2.45. The fourth-order valence-electron chi connectivity index (χ4n) is 2.68. The van der Waals surface area contributed by atoms with Crippen LogP contribution in [0.3, 0.4) is 0 Å². The van der Waals surface area contributed by atoms with Gasteiger partial charge in [-0.15, -0.1) is 0 Å². The van der Waals surface area contributed by atoms with E-state index in [9.17, 15) is 5.11 Å². The second-order valence-electron chi connectivity index (χ2n) is 5.42. The number of nitrogens with zero attached hydrogens (tertiary/aromatic N) is 1. The molecule has 4 heteroatoms. The summed E-state index contributed by atoms with van der Waals surface area (Å²) in [4.78, 5) is 2.53. The van der Waals surface area contributed by atoms with Crippen LogP contribution in [0.5, 0.6) is 0 Å². The Hall–Kier alpha value is -0.160. The van der Waals surface area contributed by atoms with E-state index in [1.54, 1.807) is 0 Å². The number of hydrogen-bond acceptors (Lipinski definition) is 4. The van der Waals surface area contributed by atoms with Crippen molar-refractivity contribution in [2.45, 2.75) is 37.7 Å². The first-order chi connectivity index (χ1) is 8.29. The van der Waals surface area contributed by atoms with E-state index in [2.05, 4.69) is 10.2 Å². The molecule has 0 aromatic carbocycles. The highest BCUT2D eigenvalue weighted by Crippen LogP contribution is 2.19. The fourth-order valence-corrected chi connectivity index (χ4v) is 2.68. The number of ether oxygens (including phenoxy) is 1. The first-order valence-corrected chi connectivity index (χ1v) is 7.02. The minimum Gasteiger partial charge on any atom is -0.388 e. The summed E-state index contributed by atoms with van der Waals surface area (Å²) >= 11 is 0. The van der Waals surface area contributed by atoms with Gasteiger partial charge >= 0.3 is 0 Å². The van der Waals surface area contributed by atoms with Gasteiger partial charge in [-0.3, -0.25) is 0 Å². The molecule has 0 radical (unpaired) electrons. The highest BCUT2D eigenvalue weighted by molar-refractivity contribution is 4.83. The van der Waals surface area contributed by atoms with Gasteiger partial charge in [-0.25, -0.2) is 0 Å². The molecule has 0 saturated carbocycles. The van der Waals surface area contributed by atoms with Gasteiger partial charge in [0, 0.05) is 32.6 Å². The third-order valence-corrected chi connectivity index (χ3v) is 3.90. The number of nitrogens with one attached hydrogen (secondary N) is 1. The van der Waals surface area contributed by atoms with E-state index in [4.69, 9.17) is 4.74 Å². The predicted molar refractivity (Wildman–Crippen MR) is 68.2 cm³/mol. The van der Waals surface area contributed by atoms with Gasteiger partial charge in [0.25, 0.3) is 0 Å². The molecule has 100 valence electrons. The van der Waals surface area contributed by atoms with Crippen LogP contribution in [-0.2, 0) is 4.74 Å². The standard InChI is InChI=1S/C13H26N2O2/c16-13(4-10-17-11-5-13)12-14-6-3-9-15-7-1-2-8-15/h14,16H,1-12H2.